The van der Waals surface area contributed by atoms with E-state index >= 15 is 0 Å². The van der Waals surface area contributed by atoms with E-state index in [1.807, 2.05) is 54.6 Å². The SMILES string of the molecule is O=C(C[S+]1CCCC1)c1ccc2ccccc2c1.O=C(C[S+]1CCOCC1)c1ccccc1. The lowest BCUT2D eigenvalue weighted by Crippen LogP contribution is -2.31. The van der Waals surface area contributed by atoms with Crippen LogP contribution >= 0.6 is 0 Å². The standard InChI is InChI=1S/C16H17OS.C12H15O2S/c17-16(12-18-9-3-4-10-18)15-8-7-13-5-1-2-6-14(13)11-15;13-12(11-4-2-1-3-5-11)10-15-8-6-14-7-9-15/h1-2,5-8,11H,3-4,9-10,12H2;1-5H,6-10H2/q2*+1. The summed E-state index contributed by atoms with van der Waals surface area (Å²) in [5, 5.41) is 2.37. The Labute approximate surface area is 202 Å². The van der Waals surface area contributed by atoms with Crippen LogP contribution in [0.5, 0.6) is 0 Å². The number of rotatable bonds is 6. The van der Waals surface area contributed by atoms with Crippen molar-refractivity contribution in [1.29, 1.82) is 0 Å². The molecule has 2 aliphatic heterocycles. The summed E-state index contributed by atoms with van der Waals surface area (Å²) >= 11 is 0. The van der Waals surface area contributed by atoms with Gasteiger partial charge in [-0.2, -0.15) is 0 Å². The maximum atomic E-state index is 12.3. The van der Waals surface area contributed by atoms with E-state index in [0.29, 0.717) is 22.4 Å². The zero-order valence-electron chi connectivity index (χ0n) is 19.0. The zero-order valence-corrected chi connectivity index (χ0v) is 20.7. The number of benzene rings is 3. The predicted octanol–water partition coefficient (Wildman–Crippen LogP) is 4.95. The van der Waals surface area contributed by atoms with Crippen LogP contribution in [0.2, 0.25) is 0 Å². The normalized spacial score (nSPS) is 16.8. The van der Waals surface area contributed by atoms with Gasteiger partial charge in [0, 0.05) is 22.0 Å². The van der Waals surface area contributed by atoms with Crippen LogP contribution in [0.25, 0.3) is 10.8 Å². The third-order valence-electron chi connectivity index (χ3n) is 5.99. The first-order valence-electron chi connectivity index (χ1n) is 11.7. The summed E-state index contributed by atoms with van der Waals surface area (Å²) in [4.78, 5) is 24.1. The molecule has 0 aliphatic carbocycles. The van der Waals surface area contributed by atoms with Crippen molar-refractivity contribution in [3.8, 4) is 0 Å². The number of Topliss-reactive ketones (excluding diaryl/α,β-unsaturated/α-hetero) is 2. The predicted molar refractivity (Wildman–Crippen MR) is 143 cm³/mol. The molecule has 0 saturated carbocycles. The summed E-state index contributed by atoms with van der Waals surface area (Å²) in [7, 11) is 0.609. The molecule has 33 heavy (non-hydrogen) atoms. The molecule has 0 radical (unpaired) electrons. The Hall–Kier alpha value is -2.08. The van der Waals surface area contributed by atoms with Gasteiger partial charge >= 0.3 is 0 Å². The molecule has 5 rings (SSSR count). The van der Waals surface area contributed by atoms with Crippen LogP contribution in [-0.2, 0) is 26.5 Å². The van der Waals surface area contributed by atoms with Gasteiger partial charge in [-0.1, -0.05) is 66.7 Å². The van der Waals surface area contributed by atoms with Crippen molar-refractivity contribution in [2.45, 2.75) is 12.8 Å². The Morgan fingerprint density at radius 2 is 1.21 bits per heavy atom. The van der Waals surface area contributed by atoms with E-state index in [-0.39, 0.29) is 16.7 Å². The molecule has 3 aromatic carbocycles. The first kappa shape index (κ1) is 24.1. The summed E-state index contributed by atoms with van der Waals surface area (Å²) in [6.45, 7) is 1.65. The van der Waals surface area contributed by atoms with Crippen molar-refractivity contribution in [1.82, 2.24) is 0 Å². The monoisotopic (exact) mass is 480 g/mol. The molecule has 3 aromatic rings. The van der Waals surface area contributed by atoms with Crippen molar-refractivity contribution in [2.24, 2.45) is 0 Å². The van der Waals surface area contributed by atoms with Crippen molar-refractivity contribution < 1.29 is 14.3 Å². The summed E-state index contributed by atoms with van der Waals surface area (Å²) in [5.74, 6) is 6.70. The number of carbonyl (C=O) groups excluding carboxylic acids is 2. The molecule has 3 nitrogen and oxygen atoms in total. The summed E-state index contributed by atoms with van der Waals surface area (Å²) in [5.41, 5.74) is 1.73. The van der Waals surface area contributed by atoms with E-state index in [0.717, 1.165) is 47.0 Å². The van der Waals surface area contributed by atoms with E-state index in [1.165, 1.54) is 29.7 Å². The average Bonchev–Trinajstić information content (AvgIpc) is 3.38. The van der Waals surface area contributed by atoms with Crippen molar-refractivity contribution in [2.75, 3.05) is 47.7 Å². The highest BCUT2D eigenvalue weighted by Gasteiger charge is 2.27. The Morgan fingerprint density at radius 3 is 1.91 bits per heavy atom. The van der Waals surface area contributed by atoms with Crippen LogP contribution in [-0.4, -0.2) is 59.3 Å². The number of hydrogen-bond acceptors (Lipinski definition) is 3. The number of ketones is 2. The molecule has 2 saturated heterocycles. The first-order chi connectivity index (χ1) is 16.2. The van der Waals surface area contributed by atoms with Gasteiger partial charge in [-0.15, -0.1) is 0 Å². The van der Waals surface area contributed by atoms with E-state index in [4.69, 9.17) is 4.74 Å². The summed E-state index contributed by atoms with van der Waals surface area (Å²) in [6, 6.07) is 23.8. The van der Waals surface area contributed by atoms with Crippen LogP contribution in [0.15, 0.2) is 72.8 Å². The molecule has 0 bridgehead atoms. The largest absolute Gasteiger partial charge is 0.372 e. The van der Waals surface area contributed by atoms with Gasteiger partial charge in [0.15, 0.2) is 11.5 Å². The molecular formula is C28H32O3S2+2. The molecule has 172 valence electrons. The second kappa shape index (κ2) is 12.4. The molecular weight excluding hydrogens is 448 g/mol. The van der Waals surface area contributed by atoms with Crippen molar-refractivity contribution >= 4 is 44.1 Å². The third kappa shape index (κ3) is 7.20. The lowest BCUT2D eigenvalue weighted by molar-refractivity contribution is 0.101. The molecule has 0 atom stereocenters. The minimum atomic E-state index is 0.250. The summed E-state index contributed by atoms with van der Waals surface area (Å²) in [6.07, 6.45) is 2.63. The van der Waals surface area contributed by atoms with Crippen LogP contribution in [0.4, 0.5) is 0 Å². The van der Waals surface area contributed by atoms with Crippen LogP contribution in [0, 0.1) is 0 Å². The molecule has 0 amide bonds. The second-order valence-electron chi connectivity index (χ2n) is 8.42. The van der Waals surface area contributed by atoms with E-state index < -0.39 is 0 Å². The topological polar surface area (TPSA) is 43.4 Å². The molecule has 0 N–H and O–H groups in total. The minimum Gasteiger partial charge on any atom is -0.372 e. The Kier molecular flexibility index (Phi) is 9.04. The molecule has 2 aliphatic rings. The van der Waals surface area contributed by atoms with E-state index in [2.05, 4.69) is 18.2 Å². The fourth-order valence-electron chi connectivity index (χ4n) is 4.09. The number of hydrogen-bond donors (Lipinski definition) is 0. The zero-order chi connectivity index (χ0) is 22.9. The average molecular weight is 481 g/mol. The minimum absolute atomic E-state index is 0.250. The van der Waals surface area contributed by atoms with Crippen LogP contribution < -0.4 is 0 Å². The van der Waals surface area contributed by atoms with Gasteiger partial charge in [0.05, 0.1) is 13.2 Å². The fourth-order valence-corrected chi connectivity index (χ4v) is 8.08. The van der Waals surface area contributed by atoms with Crippen LogP contribution in [0.3, 0.4) is 0 Å². The van der Waals surface area contributed by atoms with Gasteiger partial charge in [0.1, 0.15) is 23.0 Å². The van der Waals surface area contributed by atoms with Crippen LogP contribution in [0.1, 0.15) is 33.6 Å². The van der Waals surface area contributed by atoms with Gasteiger partial charge in [0.2, 0.25) is 11.6 Å². The maximum absolute atomic E-state index is 12.3. The highest BCUT2D eigenvalue weighted by atomic mass is 32.2. The highest BCUT2D eigenvalue weighted by Crippen LogP contribution is 2.19. The molecule has 0 aromatic heterocycles. The fraction of sp³-hybridized carbons (Fsp3) is 0.357. The highest BCUT2D eigenvalue weighted by molar-refractivity contribution is 7.97. The number of ether oxygens (including phenoxy) is 1. The molecule has 0 spiro atoms. The van der Waals surface area contributed by atoms with E-state index in [9.17, 15) is 9.59 Å². The lowest BCUT2D eigenvalue weighted by Gasteiger charge is -2.13. The Morgan fingerprint density at radius 1 is 0.636 bits per heavy atom. The summed E-state index contributed by atoms with van der Waals surface area (Å²) < 4.78 is 5.28. The van der Waals surface area contributed by atoms with E-state index in [1.54, 1.807) is 0 Å². The lowest BCUT2D eigenvalue weighted by atomic mass is 10.1. The van der Waals surface area contributed by atoms with Gasteiger partial charge in [-0.25, -0.2) is 0 Å². The number of fused-ring (bicyclic) bond motifs is 1. The van der Waals surface area contributed by atoms with Crippen molar-refractivity contribution in [3.63, 3.8) is 0 Å². The quantitative estimate of drug-likeness (QED) is 0.370. The molecule has 0 unspecified atom stereocenters. The smallest absolute Gasteiger partial charge is 0.211 e. The Bertz CT molecular complexity index is 1050. The van der Waals surface area contributed by atoms with Gasteiger partial charge in [-0.3, -0.25) is 9.59 Å². The Balaban J connectivity index is 0.000000160. The molecule has 2 heterocycles. The van der Waals surface area contributed by atoms with Gasteiger partial charge in [0.25, 0.3) is 0 Å². The molecule has 5 heteroatoms. The first-order valence-corrected chi connectivity index (χ1v) is 15.1. The maximum Gasteiger partial charge on any atom is 0.211 e. The van der Waals surface area contributed by atoms with Crippen molar-refractivity contribution in [3.05, 3.63) is 83.9 Å². The number of carbonyl (C=O) groups is 2. The van der Waals surface area contributed by atoms with Gasteiger partial charge in [-0.05, 0) is 40.6 Å². The second-order valence-corrected chi connectivity index (χ2v) is 13.1. The molecule has 2 fully saturated rings. The third-order valence-corrected chi connectivity index (χ3v) is 10.5. The van der Waals surface area contributed by atoms with Gasteiger partial charge < -0.3 is 4.74 Å².